The second-order valence-electron chi connectivity index (χ2n) is 8.06. The Hall–Kier alpha value is -3.65. The Morgan fingerprint density at radius 1 is 1.12 bits per heavy atom. The molecule has 1 heterocycles. The third-order valence-electron chi connectivity index (χ3n) is 5.97. The summed E-state index contributed by atoms with van der Waals surface area (Å²) >= 11 is 0. The zero-order valence-corrected chi connectivity index (χ0v) is 18.1. The number of carbonyl (C=O) groups excluding carboxylic acids is 2. The van der Waals surface area contributed by atoms with Gasteiger partial charge >= 0.3 is 12.1 Å². The van der Waals surface area contributed by atoms with Crippen LogP contribution in [-0.2, 0) is 19.1 Å². The number of nitrogens with one attached hydrogen (secondary N) is 1. The highest BCUT2D eigenvalue weighted by molar-refractivity contribution is 5.86. The fourth-order valence-electron chi connectivity index (χ4n) is 4.50. The van der Waals surface area contributed by atoms with Gasteiger partial charge in [0.25, 0.3) is 5.91 Å². The minimum atomic E-state index is -1.13. The highest BCUT2D eigenvalue weighted by Crippen LogP contribution is 2.44. The number of hydrogen-bond donors (Lipinski definition) is 2. The van der Waals surface area contributed by atoms with Gasteiger partial charge < -0.3 is 24.8 Å². The van der Waals surface area contributed by atoms with Gasteiger partial charge in [0.05, 0.1) is 6.04 Å². The van der Waals surface area contributed by atoms with E-state index in [1.54, 1.807) is 0 Å². The SMILES string of the molecule is C=CCN(CC(=O)O)C(=O)[C@@H]1OCC[C@@H]1NC(=O)OCC1c2ccccc2-c2ccccc21. The second kappa shape index (κ2) is 9.87. The van der Waals surface area contributed by atoms with Crippen LogP contribution in [0, 0.1) is 0 Å². The van der Waals surface area contributed by atoms with Crippen LogP contribution in [0.3, 0.4) is 0 Å². The number of carboxylic acids is 1. The first-order valence-corrected chi connectivity index (χ1v) is 10.8. The molecular formula is C25H26N2O6. The number of benzene rings is 2. The number of carboxylic acid groups (broad SMARTS) is 1. The quantitative estimate of drug-likeness (QED) is 0.600. The molecule has 2 aromatic rings. The second-order valence-corrected chi connectivity index (χ2v) is 8.06. The summed E-state index contributed by atoms with van der Waals surface area (Å²) in [7, 11) is 0. The fraction of sp³-hybridized carbons (Fsp3) is 0.320. The van der Waals surface area contributed by atoms with E-state index in [4.69, 9.17) is 14.6 Å². The van der Waals surface area contributed by atoms with E-state index in [0.29, 0.717) is 6.42 Å². The summed E-state index contributed by atoms with van der Waals surface area (Å²) in [6.07, 6.45) is 0.266. The molecule has 0 spiro atoms. The maximum absolute atomic E-state index is 12.8. The van der Waals surface area contributed by atoms with Crippen LogP contribution >= 0.6 is 0 Å². The van der Waals surface area contributed by atoms with Gasteiger partial charge in [-0.25, -0.2) is 4.79 Å². The third kappa shape index (κ3) is 4.75. The van der Waals surface area contributed by atoms with Crippen molar-refractivity contribution in [1.29, 1.82) is 0 Å². The summed E-state index contributed by atoms with van der Waals surface area (Å²) in [6.45, 7) is 3.60. The van der Waals surface area contributed by atoms with Gasteiger partial charge in [-0.3, -0.25) is 9.59 Å². The van der Waals surface area contributed by atoms with E-state index in [-0.39, 0.29) is 25.7 Å². The van der Waals surface area contributed by atoms with Gasteiger partial charge in [0, 0.05) is 19.1 Å². The topological polar surface area (TPSA) is 105 Å². The first-order chi connectivity index (χ1) is 16.0. The lowest BCUT2D eigenvalue weighted by molar-refractivity contribution is -0.149. The van der Waals surface area contributed by atoms with Crippen LogP contribution in [-0.4, -0.2) is 66.4 Å². The molecule has 0 unspecified atom stereocenters. The first kappa shape index (κ1) is 22.5. The zero-order valence-electron chi connectivity index (χ0n) is 18.1. The molecule has 2 aromatic carbocycles. The molecule has 2 amide bonds. The van der Waals surface area contributed by atoms with Crippen LogP contribution in [0.15, 0.2) is 61.2 Å². The Kier molecular flexibility index (Phi) is 6.74. The Labute approximate surface area is 191 Å². The van der Waals surface area contributed by atoms with Crippen molar-refractivity contribution < 1.29 is 29.0 Å². The summed E-state index contributed by atoms with van der Waals surface area (Å²) in [5, 5.41) is 11.8. The number of aliphatic carboxylic acids is 1. The van der Waals surface area contributed by atoms with Crippen molar-refractivity contribution in [2.24, 2.45) is 0 Å². The lowest BCUT2D eigenvalue weighted by atomic mass is 9.98. The van der Waals surface area contributed by atoms with E-state index in [1.807, 2.05) is 36.4 Å². The predicted octanol–water partition coefficient (Wildman–Crippen LogP) is 2.78. The predicted molar refractivity (Wildman–Crippen MR) is 121 cm³/mol. The summed E-state index contributed by atoms with van der Waals surface area (Å²) in [5.41, 5.74) is 4.49. The van der Waals surface area contributed by atoms with Crippen molar-refractivity contribution in [2.45, 2.75) is 24.5 Å². The van der Waals surface area contributed by atoms with Gasteiger partial charge in [0.2, 0.25) is 0 Å². The maximum Gasteiger partial charge on any atom is 0.407 e. The molecular weight excluding hydrogens is 424 g/mol. The number of hydrogen-bond acceptors (Lipinski definition) is 5. The van der Waals surface area contributed by atoms with Gasteiger partial charge in [-0.05, 0) is 28.7 Å². The fourth-order valence-corrected chi connectivity index (χ4v) is 4.50. The molecule has 2 atom stereocenters. The maximum atomic E-state index is 12.8. The number of fused-ring (bicyclic) bond motifs is 3. The summed E-state index contributed by atoms with van der Waals surface area (Å²) in [4.78, 5) is 37.6. The molecule has 0 aromatic heterocycles. The van der Waals surface area contributed by atoms with E-state index >= 15 is 0 Å². The zero-order chi connectivity index (χ0) is 23.4. The summed E-state index contributed by atoms with van der Waals surface area (Å²) in [6, 6.07) is 15.5. The molecule has 33 heavy (non-hydrogen) atoms. The minimum absolute atomic E-state index is 0.0703. The van der Waals surface area contributed by atoms with Gasteiger partial charge in [0.15, 0.2) is 6.10 Å². The van der Waals surface area contributed by atoms with Gasteiger partial charge in [-0.1, -0.05) is 54.6 Å². The molecule has 2 aliphatic rings. The molecule has 1 aliphatic heterocycles. The van der Waals surface area contributed by atoms with Crippen LogP contribution in [0.2, 0.25) is 0 Å². The van der Waals surface area contributed by atoms with Crippen molar-refractivity contribution >= 4 is 18.0 Å². The van der Waals surface area contributed by atoms with Crippen LogP contribution in [0.25, 0.3) is 11.1 Å². The number of nitrogens with zero attached hydrogens (tertiary/aromatic N) is 1. The minimum Gasteiger partial charge on any atom is -0.480 e. The lowest BCUT2D eigenvalue weighted by Gasteiger charge is -2.26. The van der Waals surface area contributed by atoms with Gasteiger partial charge in [0.1, 0.15) is 13.2 Å². The standard InChI is InChI=1S/C25H26N2O6/c1-2-12-27(14-22(28)29)24(30)23-21(11-13-32-23)26-25(31)33-15-20-18-9-5-3-7-16(18)17-8-4-6-10-19(17)20/h2-10,20-21,23H,1,11-15H2,(H,26,31)(H,28,29)/t21-,23+/m0/s1. The molecule has 1 aliphatic carbocycles. The molecule has 0 radical (unpaired) electrons. The summed E-state index contributed by atoms with van der Waals surface area (Å²) < 4.78 is 11.1. The average Bonchev–Trinajstić information content (AvgIpc) is 3.39. The van der Waals surface area contributed by atoms with Crippen LogP contribution < -0.4 is 5.32 Å². The molecule has 8 heteroatoms. The van der Waals surface area contributed by atoms with Crippen molar-refractivity contribution in [3.63, 3.8) is 0 Å². The Morgan fingerprint density at radius 2 is 1.76 bits per heavy atom. The molecule has 4 rings (SSSR count). The Balaban J connectivity index is 1.39. The van der Waals surface area contributed by atoms with E-state index in [1.165, 1.54) is 6.08 Å². The Bertz CT molecular complexity index is 1020. The van der Waals surface area contributed by atoms with Crippen molar-refractivity contribution in [1.82, 2.24) is 10.2 Å². The monoisotopic (exact) mass is 450 g/mol. The molecule has 0 bridgehead atoms. The smallest absolute Gasteiger partial charge is 0.407 e. The molecule has 2 N–H and O–H groups in total. The number of carbonyl (C=O) groups is 3. The van der Waals surface area contributed by atoms with Gasteiger partial charge in [-0.2, -0.15) is 0 Å². The molecule has 1 fully saturated rings. The first-order valence-electron chi connectivity index (χ1n) is 10.8. The van der Waals surface area contributed by atoms with E-state index in [2.05, 4.69) is 24.0 Å². The van der Waals surface area contributed by atoms with E-state index < -0.39 is 36.7 Å². The highest BCUT2D eigenvalue weighted by atomic mass is 16.6. The molecule has 0 saturated carbocycles. The Morgan fingerprint density at radius 3 is 2.36 bits per heavy atom. The van der Waals surface area contributed by atoms with Crippen molar-refractivity contribution in [3.8, 4) is 11.1 Å². The largest absolute Gasteiger partial charge is 0.480 e. The number of amides is 2. The normalized spacial score (nSPS) is 18.8. The summed E-state index contributed by atoms with van der Waals surface area (Å²) in [5.74, 6) is -1.71. The molecule has 8 nitrogen and oxygen atoms in total. The third-order valence-corrected chi connectivity index (χ3v) is 5.97. The van der Waals surface area contributed by atoms with Gasteiger partial charge in [-0.15, -0.1) is 6.58 Å². The highest BCUT2D eigenvalue weighted by Gasteiger charge is 2.38. The van der Waals surface area contributed by atoms with E-state index in [0.717, 1.165) is 27.2 Å². The van der Waals surface area contributed by atoms with E-state index in [9.17, 15) is 14.4 Å². The van der Waals surface area contributed by atoms with Crippen LogP contribution in [0.4, 0.5) is 4.79 Å². The van der Waals surface area contributed by atoms with Crippen LogP contribution in [0.1, 0.15) is 23.5 Å². The van der Waals surface area contributed by atoms with Crippen LogP contribution in [0.5, 0.6) is 0 Å². The number of rotatable bonds is 8. The van der Waals surface area contributed by atoms with Crippen molar-refractivity contribution in [2.75, 3.05) is 26.3 Å². The number of alkyl carbamates (subject to hydrolysis) is 1. The lowest BCUT2D eigenvalue weighted by Crippen LogP contribution is -2.50. The average molecular weight is 450 g/mol. The molecule has 1 saturated heterocycles. The van der Waals surface area contributed by atoms with Crippen molar-refractivity contribution in [3.05, 3.63) is 72.3 Å². The number of ether oxygens (including phenoxy) is 2. The molecule has 172 valence electrons.